The lowest BCUT2D eigenvalue weighted by Gasteiger charge is -1.95. The smallest absolute Gasteiger partial charge is 0.333 e. The molecule has 0 aromatic carbocycles. The van der Waals surface area contributed by atoms with E-state index >= 15 is 0 Å². The van der Waals surface area contributed by atoms with Crippen molar-refractivity contribution in [3.05, 3.63) is 23.3 Å². The summed E-state index contributed by atoms with van der Waals surface area (Å²) in [5.74, 6) is -0.387. The predicted molar refractivity (Wildman–Crippen MR) is 40.8 cm³/mol. The topological polar surface area (TPSA) is 26.3 Å². The molecule has 0 aliphatic heterocycles. The van der Waals surface area contributed by atoms with Gasteiger partial charge < -0.3 is 4.74 Å². The predicted octanol–water partition coefficient (Wildman–Crippen LogP) is 1.86. The number of methoxy groups -OCH3 is 1. The summed E-state index contributed by atoms with van der Waals surface area (Å²) in [6.07, 6.45) is 1.45. The first kappa shape index (κ1) is 9.24. The zero-order chi connectivity index (χ0) is 8.15. The van der Waals surface area contributed by atoms with Crippen LogP contribution in [0.25, 0.3) is 0 Å². The fraction of sp³-hybridized carbons (Fsp3) is 0.286. The molecule has 0 spiro atoms. The van der Waals surface area contributed by atoms with E-state index in [2.05, 4.69) is 11.3 Å². The van der Waals surface area contributed by atoms with Crippen LogP contribution in [0.2, 0.25) is 0 Å². The third-order valence-corrected chi connectivity index (χ3v) is 0.990. The van der Waals surface area contributed by atoms with Crippen LogP contribution in [0, 0.1) is 0 Å². The molecule has 2 nitrogen and oxygen atoms in total. The van der Waals surface area contributed by atoms with E-state index < -0.39 is 0 Å². The second-order valence-corrected chi connectivity index (χ2v) is 2.25. The molecule has 0 aromatic heterocycles. The van der Waals surface area contributed by atoms with E-state index in [-0.39, 0.29) is 5.97 Å². The first-order chi connectivity index (χ1) is 4.57. The number of carbonyl (C=O) groups is 1. The number of carbonyl (C=O) groups excluding carboxylic acids is 1. The molecular formula is C7H9ClO2. The molecule has 0 unspecified atom stereocenters. The number of rotatable bonds is 2. The Labute approximate surface area is 65.1 Å². The molecule has 3 heteroatoms. The van der Waals surface area contributed by atoms with E-state index in [1.54, 1.807) is 6.92 Å². The van der Waals surface area contributed by atoms with Crippen LogP contribution in [0.3, 0.4) is 0 Å². The Morgan fingerprint density at radius 3 is 2.50 bits per heavy atom. The van der Waals surface area contributed by atoms with E-state index in [4.69, 9.17) is 11.6 Å². The van der Waals surface area contributed by atoms with Crippen molar-refractivity contribution in [1.82, 2.24) is 0 Å². The lowest BCUT2D eigenvalue weighted by Crippen LogP contribution is -2.00. The first-order valence-corrected chi connectivity index (χ1v) is 3.06. The maximum atomic E-state index is 10.7. The normalized spacial score (nSPS) is 10.9. The molecule has 0 aromatic rings. The Morgan fingerprint density at radius 1 is 1.70 bits per heavy atom. The maximum absolute atomic E-state index is 10.7. The van der Waals surface area contributed by atoms with Gasteiger partial charge in [-0.15, -0.1) is 0 Å². The highest BCUT2D eigenvalue weighted by molar-refractivity contribution is 6.31. The summed E-state index contributed by atoms with van der Waals surface area (Å²) in [7, 11) is 1.32. The fourth-order valence-corrected chi connectivity index (χ4v) is 0.619. The third kappa shape index (κ3) is 3.30. The Hall–Kier alpha value is -0.760. The number of allylic oxidation sites excluding steroid dienone is 2. The number of ether oxygens (including phenoxy) is 1. The molecule has 0 fully saturated rings. The SMILES string of the molecule is C=C(Cl)C=C(C)C(=O)OC. The van der Waals surface area contributed by atoms with Gasteiger partial charge in [-0.05, 0) is 13.0 Å². The van der Waals surface area contributed by atoms with Crippen LogP contribution < -0.4 is 0 Å². The van der Waals surface area contributed by atoms with Crippen molar-refractivity contribution in [2.75, 3.05) is 7.11 Å². The molecule has 0 atom stereocenters. The van der Waals surface area contributed by atoms with Crippen LogP contribution in [-0.4, -0.2) is 13.1 Å². The molecule has 0 aliphatic carbocycles. The van der Waals surface area contributed by atoms with E-state index in [9.17, 15) is 4.79 Å². The summed E-state index contributed by atoms with van der Waals surface area (Å²) < 4.78 is 4.41. The van der Waals surface area contributed by atoms with Gasteiger partial charge in [-0.3, -0.25) is 0 Å². The maximum Gasteiger partial charge on any atom is 0.333 e. The monoisotopic (exact) mass is 160 g/mol. The second kappa shape index (κ2) is 4.12. The van der Waals surface area contributed by atoms with E-state index in [1.807, 2.05) is 0 Å². The highest BCUT2D eigenvalue weighted by Gasteiger charge is 2.01. The number of esters is 1. The second-order valence-electron chi connectivity index (χ2n) is 1.77. The Balaban J connectivity index is 4.19. The minimum atomic E-state index is -0.387. The van der Waals surface area contributed by atoms with Crippen LogP contribution in [0.15, 0.2) is 23.3 Å². The van der Waals surface area contributed by atoms with Gasteiger partial charge >= 0.3 is 5.97 Å². The summed E-state index contributed by atoms with van der Waals surface area (Å²) in [6, 6.07) is 0. The van der Waals surface area contributed by atoms with Gasteiger partial charge in [0.1, 0.15) is 0 Å². The quantitative estimate of drug-likeness (QED) is 0.350. The van der Waals surface area contributed by atoms with E-state index in [0.29, 0.717) is 10.6 Å². The van der Waals surface area contributed by atoms with Crippen LogP contribution >= 0.6 is 11.6 Å². The molecule has 0 N–H and O–H groups in total. The highest BCUT2D eigenvalue weighted by atomic mass is 35.5. The van der Waals surface area contributed by atoms with Gasteiger partial charge in [0.15, 0.2) is 0 Å². The minimum absolute atomic E-state index is 0.322. The van der Waals surface area contributed by atoms with Crippen LogP contribution in [0.4, 0.5) is 0 Å². The standard InChI is InChI=1S/C7H9ClO2/c1-5(4-6(2)8)7(9)10-3/h4H,2H2,1,3H3. The van der Waals surface area contributed by atoms with Crippen molar-refractivity contribution in [2.24, 2.45) is 0 Å². The van der Waals surface area contributed by atoms with Gasteiger partial charge in [0.05, 0.1) is 7.11 Å². The van der Waals surface area contributed by atoms with Crippen molar-refractivity contribution < 1.29 is 9.53 Å². The van der Waals surface area contributed by atoms with Gasteiger partial charge in [-0.1, -0.05) is 18.2 Å². The summed E-state index contributed by atoms with van der Waals surface area (Å²) in [6.45, 7) is 5.00. The van der Waals surface area contributed by atoms with Crippen LogP contribution in [-0.2, 0) is 9.53 Å². The molecule has 0 saturated heterocycles. The minimum Gasteiger partial charge on any atom is -0.466 e. The zero-order valence-electron chi connectivity index (χ0n) is 5.98. The number of halogens is 1. The molecule has 0 bridgehead atoms. The lowest BCUT2D eigenvalue weighted by molar-refractivity contribution is -0.136. The van der Waals surface area contributed by atoms with E-state index in [1.165, 1.54) is 13.2 Å². The zero-order valence-corrected chi connectivity index (χ0v) is 6.73. The van der Waals surface area contributed by atoms with Gasteiger partial charge in [0, 0.05) is 10.6 Å². The summed E-state index contributed by atoms with van der Waals surface area (Å²) in [5, 5.41) is 0.322. The lowest BCUT2D eigenvalue weighted by atomic mass is 10.3. The molecule has 0 saturated carbocycles. The summed E-state index contributed by atoms with van der Waals surface area (Å²) in [4.78, 5) is 10.7. The fourth-order valence-electron chi connectivity index (χ4n) is 0.455. The highest BCUT2D eigenvalue weighted by Crippen LogP contribution is 2.04. The van der Waals surface area contributed by atoms with Crippen molar-refractivity contribution in [3.8, 4) is 0 Å². The van der Waals surface area contributed by atoms with E-state index in [0.717, 1.165) is 0 Å². The van der Waals surface area contributed by atoms with Crippen molar-refractivity contribution in [2.45, 2.75) is 6.92 Å². The van der Waals surface area contributed by atoms with Gasteiger partial charge in [0.25, 0.3) is 0 Å². The van der Waals surface area contributed by atoms with Crippen molar-refractivity contribution in [1.29, 1.82) is 0 Å². The molecule has 0 heterocycles. The molecular weight excluding hydrogens is 152 g/mol. The van der Waals surface area contributed by atoms with Crippen LogP contribution in [0.1, 0.15) is 6.92 Å². The van der Waals surface area contributed by atoms with Gasteiger partial charge in [0.2, 0.25) is 0 Å². The number of hydrogen-bond donors (Lipinski definition) is 0. The number of hydrogen-bond acceptors (Lipinski definition) is 2. The first-order valence-electron chi connectivity index (χ1n) is 2.69. The van der Waals surface area contributed by atoms with Crippen molar-refractivity contribution in [3.63, 3.8) is 0 Å². The Kier molecular flexibility index (Phi) is 3.81. The van der Waals surface area contributed by atoms with Crippen LogP contribution in [0.5, 0.6) is 0 Å². The Morgan fingerprint density at radius 2 is 2.20 bits per heavy atom. The average molecular weight is 161 g/mol. The van der Waals surface area contributed by atoms with Gasteiger partial charge in [-0.25, -0.2) is 4.79 Å². The molecule has 56 valence electrons. The Bertz CT molecular complexity index is 182. The molecule has 0 amide bonds. The van der Waals surface area contributed by atoms with Gasteiger partial charge in [-0.2, -0.15) is 0 Å². The van der Waals surface area contributed by atoms with Crippen molar-refractivity contribution >= 4 is 17.6 Å². The molecule has 10 heavy (non-hydrogen) atoms. The summed E-state index contributed by atoms with van der Waals surface area (Å²) >= 11 is 5.40. The largest absolute Gasteiger partial charge is 0.466 e. The molecule has 0 rings (SSSR count). The average Bonchev–Trinajstić information content (AvgIpc) is 1.85. The molecule has 0 radical (unpaired) electrons. The molecule has 0 aliphatic rings. The third-order valence-electron chi connectivity index (χ3n) is 0.880. The summed E-state index contributed by atoms with van der Waals surface area (Å²) in [5.41, 5.74) is 0.447.